The van der Waals surface area contributed by atoms with E-state index in [-0.39, 0.29) is 5.57 Å². The van der Waals surface area contributed by atoms with Gasteiger partial charge in [0.1, 0.15) is 11.6 Å². The third-order valence-corrected chi connectivity index (χ3v) is 3.83. The Labute approximate surface area is 138 Å². The van der Waals surface area contributed by atoms with Crippen LogP contribution in [0.1, 0.15) is 5.56 Å². The molecule has 0 unspecified atom stereocenters. The van der Waals surface area contributed by atoms with Crippen LogP contribution in [0.5, 0.6) is 0 Å². The third-order valence-electron chi connectivity index (χ3n) is 3.83. The number of aliphatic hydroxyl groups is 1. The van der Waals surface area contributed by atoms with Crippen LogP contribution in [0.2, 0.25) is 0 Å². The lowest BCUT2D eigenvalue weighted by molar-refractivity contribution is -0.135. The van der Waals surface area contributed by atoms with E-state index in [4.69, 9.17) is 10.4 Å². The predicted octanol–water partition coefficient (Wildman–Crippen LogP) is 4.38. The molecule has 0 radical (unpaired) electrons. The molecule has 3 rings (SSSR count). The summed E-state index contributed by atoms with van der Waals surface area (Å²) in [6.07, 6.45) is 0. The lowest BCUT2D eigenvalue weighted by Gasteiger charge is -2.08. The normalized spacial score (nSPS) is 11.6. The number of benzene rings is 3. The molecule has 0 aliphatic rings. The summed E-state index contributed by atoms with van der Waals surface area (Å²) in [7, 11) is 0. The van der Waals surface area contributed by atoms with Gasteiger partial charge in [-0.3, -0.25) is 0 Å². The summed E-state index contributed by atoms with van der Waals surface area (Å²) in [5.74, 6) is -2.47. The lowest BCUT2D eigenvalue weighted by atomic mass is 9.96. The van der Waals surface area contributed by atoms with Gasteiger partial charge in [0.2, 0.25) is 5.76 Å². The zero-order valence-corrected chi connectivity index (χ0v) is 12.6. The fourth-order valence-corrected chi connectivity index (χ4v) is 2.65. The molecule has 4 nitrogen and oxygen atoms in total. The van der Waals surface area contributed by atoms with E-state index >= 15 is 0 Å². The van der Waals surface area contributed by atoms with E-state index in [1.165, 1.54) is 0 Å². The van der Waals surface area contributed by atoms with Crippen LogP contribution >= 0.6 is 0 Å². The minimum absolute atomic E-state index is 0.257. The van der Waals surface area contributed by atoms with Crippen molar-refractivity contribution in [1.29, 1.82) is 5.26 Å². The molecule has 0 aromatic heterocycles. The predicted molar refractivity (Wildman–Crippen MR) is 92.2 cm³/mol. The topological polar surface area (TPSA) is 81.3 Å². The maximum absolute atomic E-state index is 10.8. The highest BCUT2D eigenvalue weighted by atomic mass is 16.4. The van der Waals surface area contributed by atoms with E-state index in [1.807, 2.05) is 54.6 Å². The number of rotatable bonds is 3. The molecule has 0 atom stereocenters. The zero-order chi connectivity index (χ0) is 17.1. The number of aliphatic hydroxyl groups excluding tert-OH is 1. The Morgan fingerprint density at radius 1 is 0.875 bits per heavy atom. The van der Waals surface area contributed by atoms with Gasteiger partial charge in [-0.2, -0.15) is 5.26 Å². The molecule has 3 aromatic rings. The SMILES string of the molecule is N#CC(=C(O)C(=O)O)c1ccc(-c2cccc3ccccc23)cc1. The van der Waals surface area contributed by atoms with E-state index in [9.17, 15) is 9.90 Å². The zero-order valence-electron chi connectivity index (χ0n) is 12.6. The highest BCUT2D eigenvalue weighted by Gasteiger charge is 2.14. The monoisotopic (exact) mass is 315 g/mol. The van der Waals surface area contributed by atoms with Crippen LogP contribution in [0.15, 0.2) is 72.5 Å². The molecule has 4 heteroatoms. The Bertz CT molecular complexity index is 990. The van der Waals surface area contributed by atoms with Crippen LogP contribution in [0.3, 0.4) is 0 Å². The van der Waals surface area contributed by atoms with Gasteiger partial charge < -0.3 is 10.2 Å². The first kappa shape index (κ1) is 15.3. The third kappa shape index (κ3) is 2.71. The van der Waals surface area contributed by atoms with Gasteiger partial charge in [0, 0.05) is 0 Å². The quantitative estimate of drug-likeness (QED) is 0.427. The minimum Gasteiger partial charge on any atom is -0.501 e. The molecule has 0 fully saturated rings. The lowest BCUT2D eigenvalue weighted by Crippen LogP contribution is -2.02. The van der Waals surface area contributed by atoms with Gasteiger partial charge in [-0.15, -0.1) is 0 Å². The molecule has 3 aromatic carbocycles. The summed E-state index contributed by atoms with van der Waals surface area (Å²) in [6.45, 7) is 0. The van der Waals surface area contributed by atoms with E-state index in [2.05, 4.69) is 0 Å². The van der Waals surface area contributed by atoms with Crippen LogP contribution in [0, 0.1) is 11.3 Å². The number of hydrogen-bond donors (Lipinski definition) is 2. The van der Waals surface area contributed by atoms with Crippen molar-refractivity contribution in [3.05, 3.63) is 78.1 Å². The summed E-state index contributed by atoms with van der Waals surface area (Å²) < 4.78 is 0. The number of hydrogen-bond acceptors (Lipinski definition) is 3. The number of carboxylic acids is 1. The van der Waals surface area contributed by atoms with Crippen molar-refractivity contribution in [1.82, 2.24) is 0 Å². The Morgan fingerprint density at radius 2 is 1.54 bits per heavy atom. The molecular weight excluding hydrogens is 302 g/mol. The second-order valence-corrected chi connectivity index (χ2v) is 5.24. The second-order valence-electron chi connectivity index (χ2n) is 5.24. The van der Waals surface area contributed by atoms with Crippen molar-refractivity contribution in [3.8, 4) is 17.2 Å². The van der Waals surface area contributed by atoms with Crippen LogP contribution < -0.4 is 0 Å². The van der Waals surface area contributed by atoms with Gasteiger partial charge in [0.05, 0.1) is 0 Å². The molecule has 0 heterocycles. The standard InChI is InChI=1S/C20H13NO3/c21-12-18(19(22)20(23)24)15-10-8-14(9-11-15)17-7-3-5-13-4-1-2-6-16(13)17/h1-11,22H,(H,23,24). The molecule has 0 amide bonds. The number of carboxylic acid groups (broad SMARTS) is 1. The molecule has 0 saturated carbocycles. The summed E-state index contributed by atoms with van der Waals surface area (Å²) >= 11 is 0. The van der Waals surface area contributed by atoms with Gasteiger partial charge in [-0.05, 0) is 27.5 Å². The van der Waals surface area contributed by atoms with Gasteiger partial charge in [0.25, 0.3) is 0 Å². The van der Waals surface area contributed by atoms with Gasteiger partial charge in [-0.25, -0.2) is 4.79 Å². The van der Waals surface area contributed by atoms with Crippen LogP contribution in [-0.2, 0) is 4.79 Å². The molecular formula is C20H13NO3. The van der Waals surface area contributed by atoms with Crippen LogP contribution in [0.25, 0.3) is 27.5 Å². The smallest absolute Gasteiger partial charge is 0.372 e. The van der Waals surface area contributed by atoms with Crippen molar-refractivity contribution in [2.75, 3.05) is 0 Å². The summed E-state index contributed by atoms with van der Waals surface area (Å²) in [5.41, 5.74) is 2.10. The molecule has 24 heavy (non-hydrogen) atoms. The number of nitrogens with zero attached hydrogens (tertiary/aromatic N) is 1. The van der Waals surface area contributed by atoms with E-state index < -0.39 is 11.7 Å². The molecule has 116 valence electrons. The van der Waals surface area contributed by atoms with Crippen LogP contribution in [0.4, 0.5) is 0 Å². The second kappa shape index (κ2) is 6.27. The van der Waals surface area contributed by atoms with Crippen molar-refractivity contribution in [2.45, 2.75) is 0 Å². The van der Waals surface area contributed by atoms with E-state index in [0.717, 1.165) is 21.9 Å². The number of carbonyl (C=O) groups is 1. The van der Waals surface area contributed by atoms with Gasteiger partial charge in [-0.1, -0.05) is 66.7 Å². The molecule has 0 aliphatic heterocycles. The first-order chi connectivity index (χ1) is 11.6. The first-order valence-electron chi connectivity index (χ1n) is 7.27. The molecule has 0 saturated heterocycles. The molecule has 0 bridgehead atoms. The average Bonchev–Trinajstić information content (AvgIpc) is 2.62. The van der Waals surface area contributed by atoms with Gasteiger partial charge in [0.15, 0.2) is 0 Å². The number of nitriles is 1. The first-order valence-corrected chi connectivity index (χ1v) is 7.27. The fourth-order valence-electron chi connectivity index (χ4n) is 2.65. The number of aliphatic carboxylic acids is 1. The van der Waals surface area contributed by atoms with Crippen molar-refractivity contribution < 1.29 is 15.0 Å². The summed E-state index contributed by atoms with van der Waals surface area (Å²) in [5, 5.41) is 29.7. The van der Waals surface area contributed by atoms with E-state index in [0.29, 0.717) is 5.56 Å². The average molecular weight is 315 g/mol. The summed E-state index contributed by atoms with van der Waals surface area (Å²) in [4.78, 5) is 10.8. The minimum atomic E-state index is -1.52. The number of allylic oxidation sites excluding steroid dienone is 1. The molecule has 2 N–H and O–H groups in total. The van der Waals surface area contributed by atoms with Crippen molar-refractivity contribution >= 4 is 22.3 Å². The Balaban J connectivity index is 2.09. The highest BCUT2D eigenvalue weighted by molar-refractivity contribution is 5.99. The Morgan fingerprint density at radius 3 is 2.21 bits per heavy atom. The Kier molecular flexibility index (Phi) is 4.00. The maximum Gasteiger partial charge on any atom is 0.372 e. The molecule has 0 aliphatic carbocycles. The summed E-state index contributed by atoms with van der Waals surface area (Å²) in [6, 6.07) is 22.7. The maximum atomic E-state index is 10.8. The fraction of sp³-hybridized carbons (Fsp3) is 0. The van der Waals surface area contributed by atoms with Crippen molar-refractivity contribution in [3.63, 3.8) is 0 Å². The highest BCUT2D eigenvalue weighted by Crippen LogP contribution is 2.29. The van der Waals surface area contributed by atoms with Crippen LogP contribution in [-0.4, -0.2) is 16.2 Å². The van der Waals surface area contributed by atoms with E-state index in [1.54, 1.807) is 18.2 Å². The van der Waals surface area contributed by atoms with Crippen molar-refractivity contribution in [2.24, 2.45) is 0 Å². The van der Waals surface area contributed by atoms with Gasteiger partial charge >= 0.3 is 5.97 Å². The number of fused-ring (bicyclic) bond motifs is 1. The molecule has 0 spiro atoms. The largest absolute Gasteiger partial charge is 0.501 e. The Hall–Kier alpha value is -3.58.